The van der Waals surface area contributed by atoms with Crippen LogP contribution in [0.25, 0.3) is 0 Å². The monoisotopic (exact) mass is 375 g/mol. The third-order valence-corrected chi connectivity index (χ3v) is 5.21. The summed E-state index contributed by atoms with van der Waals surface area (Å²) in [5, 5.41) is 4.40. The first-order chi connectivity index (χ1) is 12.7. The maximum absolute atomic E-state index is 12.7. The van der Waals surface area contributed by atoms with E-state index in [1.54, 1.807) is 23.1 Å². The molecule has 0 saturated carbocycles. The zero-order valence-corrected chi connectivity index (χ0v) is 15.2. The quantitative estimate of drug-likeness (QED) is 0.577. The molecule has 0 unspecified atom stereocenters. The van der Waals surface area contributed by atoms with Crippen LogP contribution in [-0.2, 0) is 9.53 Å². The molecule has 138 valence electrons. The Morgan fingerprint density at radius 1 is 1.42 bits per heavy atom. The van der Waals surface area contributed by atoms with Crippen molar-refractivity contribution in [2.45, 2.75) is 5.25 Å². The van der Waals surface area contributed by atoms with Gasteiger partial charge in [-0.2, -0.15) is 0 Å². The lowest BCUT2D eigenvalue weighted by Crippen LogP contribution is -2.43. The lowest BCUT2D eigenvalue weighted by Gasteiger charge is -2.27. The third kappa shape index (κ3) is 4.48. The molecule has 2 saturated heterocycles. The molecular weight excluding hydrogens is 354 g/mol. The van der Waals surface area contributed by atoms with Crippen molar-refractivity contribution >= 4 is 28.7 Å². The van der Waals surface area contributed by atoms with Gasteiger partial charge in [0.05, 0.1) is 13.2 Å². The second kappa shape index (κ2) is 8.93. The zero-order chi connectivity index (χ0) is 18.4. The fourth-order valence-corrected chi connectivity index (χ4v) is 3.85. The Bertz CT molecular complexity index is 691. The molecule has 0 bridgehead atoms. The Kier molecular flexibility index (Phi) is 6.37. The molecule has 1 atom stereocenters. The van der Waals surface area contributed by atoms with Gasteiger partial charge in [0.25, 0.3) is 5.91 Å². The average Bonchev–Trinajstić information content (AvgIpc) is 2.97. The summed E-state index contributed by atoms with van der Waals surface area (Å²) in [4.78, 5) is 32.5. The molecule has 0 spiro atoms. The van der Waals surface area contributed by atoms with Gasteiger partial charge in [0.1, 0.15) is 5.25 Å². The summed E-state index contributed by atoms with van der Waals surface area (Å²) in [6, 6.07) is 3.20. The minimum Gasteiger partial charge on any atom is -0.379 e. The highest BCUT2D eigenvalue weighted by molar-refractivity contribution is 8.15. The van der Waals surface area contributed by atoms with Crippen LogP contribution in [0.4, 0.5) is 0 Å². The van der Waals surface area contributed by atoms with Gasteiger partial charge in [-0.25, -0.2) is 5.43 Å². The number of ether oxygens (including phenoxy) is 1. The van der Waals surface area contributed by atoms with Gasteiger partial charge in [-0.1, -0.05) is 17.8 Å². The third-order valence-electron chi connectivity index (χ3n) is 4.06. The van der Waals surface area contributed by atoms with Crippen LogP contribution < -0.4 is 5.43 Å². The molecule has 1 aromatic rings. The highest BCUT2D eigenvalue weighted by Crippen LogP contribution is 2.28. The first-order valence-corrected chi connectivity index (χ1v) is 9.24. The summed E-state index contributed by atoms with van der Waals surface area (Å²) in [5.41, 5.74) is 2.97. The number of morpholine rings is 1. The molecule has 2 aliphatic heterocycles. The predicted molar refractivity (Wildman–Crippen MR) is 99.7 cm³/mol. The van der Waals surface area contributed by atoms with E-state index in [1.807, 2.05) is 0 Å². The van der Waals surface area contributed by atoms with E-state index in [4.69, 9.17) is 4.74 Å². The number of carbonyl (C=O) groups excluding carboxylic acids is 2. The Morgan fingerprint density at radius 2 is 2.15 bits per heavy atom. The number of hydrogen-bond donors (Lipinski definition) is 1. The van der Waals surface area contributed by atoms with Crippen LogP contribution in [0.15, 0.2) is 42.3 Å². The number of rotatable bonds is 6. The van der Waals surface area contributed by atoms with E-state index < -0.39 is 0 Å². The van der Waals surface area contributed by atoms with Crippen LogP contribution in [0.3, 0.4) is 0 Å². The van der Waals surface area contributed by atoms with E-state index in [2.05, 4.69) is 27.0 Å². The second-order valence-corrected chi connectivity index (χ2v) is 7.00. The Balaban J connectivity index is 1.67. The number of hydrogen-bond acceptors (Lipinski definition) is 7. The van der Waals surface area contributed by atoms with Gasteiger partial charge in [0.15, 0.2) is 5.17 Å². The number of aromatic nitrogens is 1. The second-order valence-electron chi connectivity index (χ2n) is 5.83. The van der Waals surface area contributed by atoms with Crippen LogP contribution in [0.2, 0.25) is 0 Å². The van der Waals surface area contributed by atoms with E-state index in [0.29, 0.717) is 37.0 Å². The number of nitrogens with zero attached hydrogens (tertiary/aromatic N) is 4. The minimum atomic E-state index is -0.344. The van der Waals surface area contributed by atoms with E-state index in [9.17, 15) is 9.59 Å². The Hall–Kier alpha value is -2.23. The van der Waals surface area contributed by atoms with Gasteiger partial charge in [-0.05, 0) is 12.1 Å². The molecule has 0 aliphatic carbocycles. The number of amidine groups is 1. The molecule has 0 radical (unpaired) electrons. The maximum atomic E-state index is 12.7. The largest absolute Gasteiger partial charge is 0.379 e. The summed E-state index contributed by atoms with van der Waals surface area (Å²) >= 11 is 1.37. The number of pyridine rings is 1. The molecular formula is C17H21N5O3S. The van der Waals surface area contributed by atoms with Crippen molar-refractivity contribution in [2.24, 2.45) is 5.10 Å². The molecule has 2 fully saturated rings. The van der Waals surface area contributed by atoms with Gasteiger partial charge in [0, 0.05) is 44.1 Å². The van der Waals surface area contributed by atoms with Crippen molar-refractivity contribution in [1.29, 1.82) is 0 Å². The zero-order valence-electron chi connectivity index (χ0n) is 14.3. The van der Waals surface area contributed by atoms with Gasteiger partial charge in [0.2, 0.25) is 5.91 Å². The fraction of sp³-hybridized carbons (Fsp3) is 0.412. The number of thioether (sulfide) groups is 1. The minimum absolute atomic E-state index is 0.0155. The number of hydrazone groups is 1. The van der Waals surface area contributed by atoms with Crippen LogP contribution in [0.5, 0.6) is 0 Å². The summed E-state index contributed by atoms with van der Waals surface area (Å²) in [6.45, 7) is 7.69. The lowest BCUT2D eigenvalue weighted by atomic mass is 10.3. The van der Waals surface area contributed by atoms with Gasteiger partial charge in [-0.3, -0.25) is 24.4 Å². The van der Waals surface area contributed by atoms with Crippen LogP contribution >= 0.6 is 11.8 Å². The summed E-state index contributed by atoms with van der Waals surface area (Å²) in [7, 11) is 0. The summed E-state index contributed by atoms with van der Waals surface area (Å²) in [5.74, 6) is -0.360. The SMILES string of the molecule is C=CCN1C(=O)[C@@H](CN2CCOCC2)S/C1=N\NC(=O)c1ccncc1. The first kappa shape index (κ1) is 18.6. The molecule has 2 aliphatic rings. The summed E-state index contributed by atoms with van der Waals surface area (Å²) < 4.78 is 5.35. The van der Waals surface area contributed by atoms with E-state index in [-0.39, 0.29) is 17.1 Å². The average molecular weight is 375 g/mol. The van der Waals surface area contributed by atoms with Crippen molar-refractivity contribution in [3.8, 4) is 0 Å². The number of nitrogens with one attached hydrogen (secondary N) is 1. The molecule has 26 heavy (non-hydrogen) atoms. The molecule has 8 nitrogen and oxygen atoms in total. The van der Waals surface area contributed by atoms with E-state index in [1.165, 1.54) is 24.2 Å². The molecule has 9 heteroatoms. The van der Waals surface area contributed by atoms with Crippen molar-refractivity contribution in [3.05, 3.63) is 42.7 Å². The number of amides is 2. The highest BCUT2D eigenvalue weighted by Gasteiger charge is 2.38. The molecule has 3 rings (SSSR count). The Morgan fingerprint density at radius 3 is 2.85 bits per heavy atom. The smallest absolute Gasteiger partial charge is 0.271 e. The van der Waals surface area contributed by atoms with Gasteiger partial charge < -0.3 is 4.74 Å². The normalized spacial score (nSPS) is 22.6. The van der Waals surface area contributed by atoms with Crippen molar-refractivity contribution in [2.75, 3.05) is 39.4 Å². The topological polar surface area (TPSA) is 87.1 Å². The van der Waals surface area contributed by atoms with E-state index >= 15 is 0 Å². The molecule has 3 heterocycles. The molecule has 1 N–H and O–H groups in total. The Labute approximate surface area is 156 Å². The highest BCUT2D eigenvalue weighted by atomic mass is 32.2. The van der Waals surface area contributed by atoms with Crippen molar-refractivity contribution < 1.29 is 14.3 Å². The maximum Gasteiger partial charge on any atom is 0.271 e. The number of carbonyl (C=O) groups is 2. The van der Waals surface area contributed by atoms with Crippen molar-refractivity contribution in [1.82, 2.24) is 20.2 Å². The lowest BCUT2D eigenvalue weighted by molar-refractivity contribution is -0.126. The molecule has 1 aromatic heterocycles. The van der Waals surface area contributed by atoms with Gasteiger partial charge in [-0.15, -0.1) is 11.7 Å². The van der Waals surface area contributed by atoms with Crippen LogP contribution in [0, 0.1) is 0 Å². The summed E-state index contributed by atoms with van der Waals surface area (Å²) in [6.07, 6.45) is 4.73. The first-order valence-electron chi connectivity index (χ1n) is 8.36. The van der Waals surface area contributed by atoms with E-state index in [0.717, 1.165) is 13.1 Å². The van der Waals surface area contributed by atoms with Crippen LogP contribution in [0.1, 0.15) is 10.4 Å². The molecule has 2 amide bonds. The molecule has 0 aromatic carbocycles. The van der Waals surface area contributed by atoms with Crippen molar-refractivity contribution in [3.63, 3.8) is 0 Å². The van der Waals surface area contributed by atoms with Crippen LogP contribution in [-0.4, -0.2) is 76.4 Å². The predicted octanol–water partition coefficient (Wildman–Crippen LogP) is 0.545. The standard InChI is InChI=1S/C17H21N5O3S/c1-2-7-22-16(24)14(12-21-8-10-25-11-9-21)26-17(22)20-19-15(23)13-3-5-18-6-4-13/h2-6,14H,1,7-12H2,(H,19,23)/b20-17-/t14-/m1/s1. The van der Waals surface area contributed by atoms with Gasteiger partial charge >= 0.3 is 0 Å². The fourth-order valence-electron chi connectivity index (χ4n) is 2.69.